The van der Waals surface area contributed by atoms with E-state index in [1.54, 1.807) is 6.08 Å². The number of aromatic nitrogens is 1. The highest BCUT2D eigenvalue weighted by Crippen LogP contribution is 2.29. The van der Waals surface area contributed by atoms with Crippen LogP contribution in [0.15, 0.2) is 78.5 Å². The number of rotatable bonds is 4. The molecule has 1 N–H and O–H groups in total. The number of hydrogen-bond donors (Lipinski definition) is 1. The lowest BCUT2D eigenvalue weighted by Gasteiger charge is -2.30. The van der Waals surface area contributed by atoms with E-state index in [4.69, 9.17) is 23.8 Å². The van der Waals surface area contributed by atoms with Crippen LogP contribution in [0.4, 0.5) is 5.69 Å². The van der Waals surface area contributed by atoms with E-state index in [0.717, 1.165) is 33.2 Å². The summed E-state index contributed by atoms with van der Waals surface area (Å²) < 4.78 is 2.10. The molecule has 35 heavy (non-hydrogen) atoms. The minimum atomic E-state index is -0.504. The van der Waals surface area contributed by atoms with E-state index in [-0.39, 0.29) is 10.7 Å². The fraction of sp³-hybridized carbons (Fsp3) is 0.107. The number of anilines is 1. The number of amides is 2. The minimum absolute atomic E-state index is 0.0360. The molecule has 7 heteroatoms. The maximum absolute atomic E-state index is 13.6. The molecular formula is C28H22ClN3O2S. The van der Waals surface area contributed by atoms with Crippen molar-refractivity contribution in [2.75, 3.05) is 4.90 Å². The van der Waals surface area contributed by atoms with Gasteiger partial charge in [-0.3, -0.25) is 19.8 Å². The van der Waals surface area contributed by atoms with Gasteiger partial charge in [0.1, 0.15) is 5.57 Å². The number of thiocarbonyl (C=S) groups is 1. The first-order valence-electron chi connectivity index (χ1n) is 11.1. The van der Waals surface area contributed by atoms with Gasteiger partial charge in [-0.2, -0.15) is 0 Å². The summed E-state index contributed by atoms with van der Waals surface area (Å²) in [6, 6.07) is 21.4. The van der Waals surface area contributed by atoms with Crippen molar-refractivity contribution >= 4 is 63.4 Å². The van der Waals surface area contributed by atoms with Gasteiger partial charge in [0, 0.05) is 34.2 Å². The molecule has 2 heterocycles. The van der Waals surface area contributed by atoms with Crippen molar-refractivity contribution in [3.05, 3.63) is 106 Å². The number of nitrogens with zero attached hydrogens (tertiary/aromatic N) is 2. The van der Waals surface area contributed by atoms with Crippen LogP contribution in [0.2, 0.25) is 5.02 Å². The molecule has 0 atom stereocenters. The molecule has 0 saturated carbocycles. The van der Waals surface area contributed by atoms with E-state index >= 15 is 0 Å². The molecule has 1 aliphatic rings. The second-order valence-corrected chi connectivity index (χ2v) is 9.43. The molecule has 0 unspecified atom stereocenters. The Morgan fingerprint density at radius 2 is 1.74 bits per heavy atom. The molecule has 5 nitrogen and oxygen atoms in total. The number of aryl methyl sites for hydroxylation is 2. The van der Waals surface area contributed by atoms with E-state index < -0.39 is 11.8 Å². The van der Waals surface area contributed by atoms with Crippen molar-refractivity contribution in [3.8, 4) is 0 Å². The predicted octanol–water partition coefficient (Wildman–Crippen LogP) is 5.79. The quantitative estimate of drug-likeness (QED) is 0.219. The summed E-state index contributed by atoms with van der Waals surface area (Å²) in [5.41, 5.74) is 5.45. The van der Waals surface area contributed by atoms with Crippen molar-refractivity contribution in [3.63, 3.8) is 0 Å². The Morgan fingerprint density at radius 3 is 2.51 bits per heavy atom. The Morgan fingerprint density at radius 1 is 1.00 bits per heavy atom. The summed E-state index contributed by atoms with van der Waals surface area (Å²) in [6.07, 6.45) is 3.61. The van der Waals surface area contributed by atoms with E-state index in [1.165, 1.54) is 4.90 Å². The lowest BCUT2D eigenvalue weighted by Crippen LogP contribution is -2.54. The van der Waals surface area contributed by atoms with Gasteiger partial charge in [0.25, 0.3) is 11.8 Å². The number of para-hydroxylation sites is 1. The summed E-state index contributed by atoms with van der Waals surface area (Å²) in [4.78, 5) is 27.9. The molecule has 0 aliphatic carbocycles. The zero-order chi connectivity index (χ0) is 24.7. The van der Waals surface area contributed by atoms with Crippen molar-refractivity contribution in [1.29, 1.82) is 0 Å². The van der Waals surface area contributed by atoms with Crippen molar-refractivity contribution < 1.29 is 9.59 Å². The molecule has 1 fully saturated rings. The highest BCUT2D eigenvalue weighted by atomic mass is 35.5. The number of fused-ring (bicyclic) bond motifs is 1. The van der Waals surface area contributed by atoms with Gasteiger partial charge in [-0.15, -0.1) is 0 Å². The molecule has 1 saturated heterocycles. The molecule has 4 aromatic rings. The van der Waals surface area contributed by atoms with Crippen LogP contribution in [0.5, 0.6) is 0 Å². The van der Waals surface area contributed by atoms with Crippen LogP contribution in [-0.2, 0) is 16.1 Å². The van der Waals surface area contributed by atoms with Crippen molar-refractivity contribution in [1.82, 2.24) is 9.88 Å². The topological polar surface area (TPSA) is 54.3 Å². The van der Waals surface area contributed by atoms with Crippen LogP contribution in [0, 0.1) is 13.8 Å². The molecule has 1 aliphatic heterocycles. The maximum atomic E-state index is 13.6. The highest BCUT2D eigenvalue weighted by Gasteiger charge is 2.35. The van der Waals surface area contributed by atoms with Gasteiger partial charge >= 0.3 is 0 Å². The van der Waals surface area contributed by atoms with Gasteiger partial charge in [0.05, 0.1) is 5.69 Å². The largest absolute Gasteiger partial charge is 0.342 e. The third-order valence-corrected chi connectivity index (χ3v) is 6.63. The summed E-state index contributed by atoms with van der Waals surface area (Å²) >= 11 is 11.4. The Balaban J connectivity index is 1.58. The fourth-order valence-corrected chi connectivity index (χ4v) is 4.70. The lowest BCUT2D eigenvalue weighted by molar-refractivity contribution is -0.122. The smallest absolute Gasteiger partial charge is 0.270 e. The third kappa shape index (κ3) is 4.38. The Labute approximate surface area is 213 Å². The molecule has 2 amide bonds. The highest BCUT2D eigenvalue weighted by molar-refractivity contribution is 7.80. The normalized spacial score (nSPS) is 15.2. The second-order valence-electron chi connectivity index (χ2n) is 8.60. The minimum Gasteiger partial charge on any atom is -0.342 e. The average Bonchev–Trinajstić information content (AvgIpc) is 3.17. The molecule has 0 bridgehead atoms. The van der Waals surface area contributed by atoms with Crippen molar-refractivity contribution in [2.45, 2.75) is 20.4 Å². The molecule has 1 aromatic heterocycles. The van der Waals surface area contributed by atoms with E-state index in [2.05, 4.69) is 9.88 Å². The molecule has 174 valence electrons. The second kappa shape index (κ2) is 9.13. The third-order valence-electron chi connectivity index (χ3n) is 6.09. The number of carbonyl (C=O) groups is 2. The fourth-order valence-electron chi connectivity index (χ4n) is 4.30. The van der Waals surface area contributed by atoms with Crippen LogP contribution in [0.1, 0.15) is 22.3 Å². The van der Waals surface area contributed by atoms with Crippen molar-refractivity contribution in [2.24, 2.45) is 0 Å². The number of benzene rings is 3. The van der Waals surface area contributed by atoms with Gasteiger partial charge in [0.15, 0.2) is 5.11 Å². The summed E-state index contributed by atoms with van der Waals surface area (Å²) in [6.45, 7) is 4.49. The lowest BCUT2D eigenvalue weighted by atomic mass is 10.0. The monoisotopic (exact) mass is 499 g/mol. The molecular weight excluding hydrogens is 478 g/mol. The zero-order valence-electron chi connectivity index (χ0n) is 19.2. The van der Waals surface area contributed by atoms with Gasteiger partial charge in [0.2, 0.25) is 0 Å². The van der Waals surface area contributed by atoms with Crippen LogP contribution < -0.4 is 10.2 Å². The number of nitrogens with one attached hydrogen (secondary N) is 1. The molecule has 0 spiro atoms. The Hall–Kier alpha value is -3.74. The van der Waals surface area contributed by atoms with Gasteiger partial charge in [-0.05, 0) is 73.1 Å². The molecule has 5 rings (SSSR count). The van der Waals surface area contributed by atoms with Crippen LogP contribution >= 0.6 is 23.8 Å². The van der Waals surface area contributed by atoms with Gasteiger partial charge in [-0.25, -0.2) is 0 Å². The van der Waals surface area contributed by atoms with E-state index in [1.807, 2.05) is 86.8 Å². The summed E-state index contributed by atoms with van der Waals surface area (Å²) in [5, 5.41) is 4.40. The van der Waals surface area contributed by atoms with E-state index in [9.17, 15) is 9.59 Å². The number of carbonyl (C=O) groups excluding carboxylic acids is 2. The summed E-state index contributed by atoms with van der Waals surface area (Å²) in [5.74, 6) is -0.946. The molecule has 3 aromatic carbocycles. The van der Waals surface area contributed by atoms with Gasteiger partial charge < -0.3 is 4.57 Å². The van der Waals surface area contributed by atoms with Crippen LogP contribution in [0.3, 0.4) is 0 Å². The van der Waals surface area contributed by atoms with Crippen LogP contribution in [-0.4, -0.2) is 21.5 Å². The maximum Gasteiger partial charge on any atom is 0.270 e. The number of hydrogen-bond acceptors (Lipinski definition) is 3. The zero-order valence-corrected chi connectivity index (χ0v) is 20.8. The first kappa shape index (κ1) is 23.0. The van der Waals surface area contributed by atoms with Gasteiger partial charge in [-0.1, -0.05) is 54.1 Å². The standard InChI is InChI=1S/C28H22ClN3O2S/c1-17-7-8-18(2)25(13-17)32-27(34)23(26(33)30-28(32)35)14-20-16-31(24-6-4-3-5-22(20)24)15-19-9-11-21(29)12-10-19/h3-14,16H,15H2,1-2H3,(H,30,33,35)/b23-14+. The molecule has 0 radical (unpaired) electrons. The Bertz CT molecular complexity index is 1540. The predicted molar refractivity (Wildman–Crippen MR) is 145 cm³/mol. The first-order chi connectivity index (χ1) is 16.8. The average molecular weight is 500 g/mol. The van der Waals surface area contributed by atoms with E-state index in [0.29, 0.717) is 17.3 Å². The van der Waals surface area contributed by atoms with Crippen LogP contribution in [0.25, 0.3) is 17.0 Å². The number of halogens is 1. The Kier molecular flexibility index (Phi) is 6.01. The SMILES string of the molecule is Cc1ccc(C)c(N2C(=O)/C(=C/c3cn(Cc4ccc(Cl)cc4)c4ccccc34)C(=O)NC2=S)c1. The first-order valence-corrected chi connectivity index (χ1v) is 11.9. The summed E-state index contributed by atoms with van der Waals surface area (Å²) in [7, 11) is 0.